The smallest absolute Gasteiger partial charge is 0.224 e. The first-order chi connectivity index (χ1) is 8.59. The van der Waals surface area contributed by atoms with Crippen LogP contribution in [0.4, 0.5) is 0 Å². The molecule has 18 heavy (non-hydrogen) atoms. The van der Waals surface area contributed by atoms with Gasteiger partial charge in [-0.05, 0) is 42.5 Å². The second-order valence-electron chi connectivity index (χ2n) is 4.45. The van der Waals surface area contributed by atoms with E-state index < -0.39 is 0 Å². The highest BCUT2D eigenvalue weighted by Crippen LogP contribution is 2.40. The number of hydrogen-bond acceptors (Lipinski definition) is 3. The van der Waals surface area contributed by atoms with Gasteiger partial charge in [0.25, 0.3) is 0 Å². The average molecular weight is 256 g/mol. The number of aromatic hydroxyl groups is 1. The molecule has 1 aromatic carbocycles. The van der Waals surface area contributed by atoms with Crippen molar-refractivity contribution < 1.29 is 5.11 Å². The Hall–Kier alpha value is -1.87. The summed E-state index contributed by atoms with van der Waals surface area (Å²) in [5, 5.41) is 11.2. The van der Waals surface area contributed by atoms with E-state index in [1.165, 1.54) is 11.3 Å². The highest BCUT2D eigenvalue weighted by molar-refractivity contribution is 7.22. The number of benzene rings is 2. The fraction of sp³-hybridized carbons (Fsp3) is 0.133. The Balaban J connectivity index is 2.58. The molecule has 1 aliphatic carbocycles. The van der Waals surface area contributed by atoms with Crippen LogP contribution < -0.4 is 5.43 Å². The largest absolute Gasteiger partial charge is 0.503 e. The predicted octanol–water partition coefficient (Wildman–Crippen LogP) is 3.69. The van der Waals surface area contributed by atoms with Crippen LogP contribution >= 0.6 is 11.3 Å². The standard InChI is InChI=1S/C15H12O2S/c1-8-9(2)13(16)14(17)15-11(8)7-10-5-3-4-6-12(10)18-15/h3-7,17H,1-2H3. The molecule has 0 aromatic heterocycles. The molecule has 1 heterocycles. The quantitative estimate of drug-likeness (QED) is 0.623. The summed E-state index contributed by atoms with van der Waals surface area (Å²) >= 11 is 1.46. The van der Waals surface area contributed by atoms with E-state index in [1.807, 2.05) is 37.3 Å². The van der Waals surface area contributed by atoms with Crippen LogP contribution in [0, 0.1) is 13.8 Å². The number of rotatable bonds is 0. The Morgan fingerprint density at radius 2 is 1.83 bits per heavy atom. The van der Waals surface area contributed by atoms with Crippen LogP contribution in [0.1, 0.15) is 11.1 Å². The van der Waals surface area contributed by atoms with Gasteiger partial charge in [0.2, 0.25) is 5.43 Å². The van der Waals surface area contributed by atoms with Crippen LogP contribution in [0.3, 0.4) is 0 Å². The lowest BCUT2D eigenvalue weighted by atomic mass is 9.99. The molecule has 0 spiro atoms. The summed E-state index contributed by atoms with van der Waals surface area (Å²) in [6.07, 6.45) is 0. The summed E-state index contributed by atoms with van der Waals surface area (Å²) in [6.45, 7) is 3.69. The molecule has 0 bridgehead atoms. The summed E-state index contributed by atoms with van der Waals surface area (Å²) < 4.78 is 1.07. The van der Waals surface area contributed by atoms with Gasteiger partial charge in [0.05, 0.1) is 4.88 Å². The normalized spacial score (nSPS) is 11.2. The van der Waals surface area contributed by atoms with Gasteiger partial charge in [-0.3, -0.25) is 4.79 Å². The van der Waals surface area contributed by atoms with Crippen molar-refractivity contribution in [1.29, 1.82) is 0 Å². The molecule has 3 heteroatoms. The highest BCUT2D eigenvalue weighted by Gasteiger charge is 2.18. The zero-order valence-electron chi connectivity index (χ0n) is 10.2. The van der Waals surface area contributed by atoms with Crippen molar-refractivity contribution in [3.8, 4) is 16.2 Å². The molecule has 0 radical (unpaired) electrons. The van der Waals surface area contributed by atoms with Crippen LogP contribution in [-0.4, -0.2) is 5.11 Å². The van der Waals surface area contributed by atoms with Gasteiger partial charge in [-0.2, -0.15) is 0 Å². The Morgan fingerprint density at radius 1 is 1.11 bits per heavy atom. The maximum absolute atomic E-state index is 11.9. The molecule has 0 fully saturated rings. The lowest BCUT2D eigenvalue weighted by Gasteiger charge is -2.13. The van der Waals surface area contributed by atoms with Gasteiger partial charge >= 0.3 is 0 Å². The molecule has 1 aromatic rings. The molecule has 0 unspecified atom stereocenters. The first-order valence-electron chi connectivity index (χ1n) is 5.74. The Kier molecular flexibility index (Phi) is 2.38. The molecule has 2 nitrogen and oxygen atoms in total. The maximum Gasteiger partial charge on any atom is 0.224 e. The molecular formula is C15H12O2S. The first kappa shape index (κ1) is 11.2. The number of hydrogen-bond donors (Lipinski definition) is 1. The fourth-order valence-corrected chi connectivity index (χ4v) is 3.31. The van der Waals surface area contributed by atoms with Crippen molar-refractivity contribution in [3.05, 3.63) is 51.7 Å². The second-order valence-corrected chi connectivity index (χ2v) is 5.51. The molecule has 0 saturated heterocycles. The summed E-state index contributed by atoms with van der Waals surface area (Å²) in [5.74, 6) is -0.121. The topological polar surface area (TPSA) is 37.3 Å². The molecule has 0 atom stereocenters. The molecule has 90 valence electrons. The molecular weight excluding hydrogens is 244 g/mol. The van der Waals surface area contributed by atoms with Crippen LogP contribution in [0.25, 0.3) is 20.5 Å². The molecule has 1 N–H and O–H groups in total. The van der Waals surface area contributed by atoms with Crippen molar-refractivity contribution in [3.63, 3.8) is 0 Å². The van der Waals surface area contributed by atoms with E-state index in [9.17, 15) is 9.90 Å². The van der Waals surface area contributed by atoms with Crippen LogP contribution in [0.15, 0.2) is 35.1 Å². The molecule has 0 amide bonds. The van der Waals surface area contributed by atoms with Gasteiger partial charge in [0.15, 0.2) is 5.75 Å². The van der Waals surface area contributed by atoms with E-state index in [4.69, 9.17) is 0 Å². The summed E-state index contributed by atoms with van der Waals surface area (Å²) in [6, 6.07) is 10.0. The van der Waals surface area contributed by atoms with Crippen molar-refractivity contribution >= 4 is 21.4 Å². The first-order valence-corrected chi connectivity index (χ1v) is 6.56. The van der Waals surface area contributed by atoms with E-state index in [-0.39, 0.29) is 11.2 Å². The third-order valence-corrected chi connectivity index (χ3v) is 4.62. The number of phenolic OH excluding ortho intramolecular Hbond substituents is 1. The number of fused-ring (bicyclic) bond motifs is 2. The van der Waals surface area contributed by atoms with Gasteiger partial charge in [0, 0.05) is 10.3 Å². The van der Waals surface area contributed by atoms with E-state index in [2.05, 4.69) is 0 Å². The molecule has 3 rings (SSSR count). The van der Waals surface area contributed by atoms with Gasteiger partial charge in [-0.1, -0.05) is 18.2 Å². The minimum absolute atomic E-state index is 0.121. The lowest BCUT2D eigenvalue weighted by molar-refractivity contribution is 0.472. The zero-order valence-corrected chi connectivity index (χ0v) is 11.0. The van der Waals surface area contributed by atoms with Crippen molar-refractivity contribution in [2.75, 3.05) is 0 Å². The van der Waals surface area contributed by atoms with Gasteiger partial charge in [-0.15, -0.1) is 11.3 Å². The third kappa shape index (κ3) is 1.44. The van der Waals surface area contributed by atoms with Gasteiger partial charge in [-0.25, -0.2) is 0 Å². The Bertz CT molecular complexity index is 787. The summed E-state index contributed by atoms with van der Waals surface area (Å²) in [7, 11) is 0. The van der Waals surface area contributed by atoms with Crippen LogP contribution in [0.5, 0.6) is 5.75 Å². The third-order valence-electron chi connectivity index (χ3n) is 3.41. The van der Waals surface area contributed by atoms with E-state index in [1.54, 1.807) is 6.92 Å². The molecule has 2 aliphatic rings. The molecule has 1 aliphatic heterocycles. The van der Waals surface area contributed by atoms with E-state index in [0.29, 0.717) is 10.4 Å². The lowest BCUT2D eigenvalue weighted by Crippen LogP contribution is -2.09. The van der Waals surface area contributed by atoms with Gasteiger partial charge in [0.1, 0.15) is 0 Å². The Morgan fingerprint density at radius 3 is 2.61 bits per heavy atom. The van der Waals surface area contributed by atoms with Gasteiger partial charge < -0.3 is 5.11 Å². The predicted molar refractivity (Wildman–Crippen MR) is 75.9 cm³/mol. The molecule has 0 saturated carbocycles. The van der Waals surface area contributed by atoms with Crippen LogP contribution in [0.2, 0.25) is 0 Å². The SMILES string of the molecule is Cc1c2cc3ccccc3sc-2c(O)c(=O)c1C. The van der Waals surface area contributed by atoms with Crippen molar-refractivity contribution in [2.45, 2.75) is 13.8 Å². The highest BCUT2D eigenvalue weighted by atomic mass is 32.1. The maximum atomic E-state index is 11.9. The van der Waals surface area contributed by atoms with Crippen LogP contribution in [-0.2, 0) is 0 Å². The Labute approximate surface area is 108 Å². The zero-order chi connectivity index (χ0) is 12.9. The van der Waals surface area contributed by atoms with Crippen molar-refractivity contribution in [2.24, 2.45) is 0 Å². The summed E-state index contributed by atoms with van der Waals surface area (Å²) in [5.41, 5.74) is 2.29. The second kappa shape index (κ2) is 3.82. The van der Waals surface area contributed by atoms with E-state index in [0.717, 1.165) is 21.2 Å². The average Bonchev–Trinajstić information content (AvgIpc) is 2.41. The van der Waals surface area contributed by atoms with Crippen molar-refractivity contribution in [1.82, 2.24) is 0 Å². The van der Waals surface area contributed by atoms with E-state index >= 15 is 0 Å². The minimum Gasteiger partial charge on any atom is -0.503 e. The fourth-order valence-electron chi connectivity index (χ4n) is 2.19. The minimum atomic E-state index is -0.258. The number of phenols is 1. The monoisotopic (exact) mass is 256 g/mol. The summed E-state index contributed by atoms with van der Waals surface area (Å²) in [4.78, 5) is 12.6.